The molecule has 8 heteroatoms. The Morgan fingerprint density at radius 1 is 1.53 bits per heavy atom. The van der Waals surface area contributed by atoms with Crippen LogP contribution in [0, 0.1) is 5.82 Å². The molecule has 94 valence electrons. The van der Waals surface area contributed by atoms with Crippen molar-refractivity contribution in [3.63, 3.8) is 0 Å². The fraction of sp³-hybridized carbons (Fsp3) is 0.111. The molecule has 1 rings (SSSR count). The van der Waals surface area contributed by atoms with E-state index in [1.165, 1.54) is 0 Å². The second-order valence-electron chi connectivity index (χ2n) is 3.15. The Kier molecular flexibility index (Phi) is 4.37. The monoisotopic (exact) mass is 298 g/mol. The minimum Gasteiger partial charge on any atom is -0.396 e. The number of anilines is 1. The SMILES string of the molecule is C=C(Cl)CNS(=O)(=O)c1cc(Cl)cc(N)c1F. The Labute approximate surface area is 108 Å². The van der Waals surface area contributed by atoms with E-state index in [1.54, 1.807) is 0 Å². The molecule has 0 heterocycles. The van der Waals surface area contributed by atoms with E-state index in [0.29, 0.717) is 0 Å². The first kappa shape index (κ1) is 14.2. The molecular weight excluding hydrogens is 290 g/mol. The van der Waals surface area contributed by atoms with Gasteiger partial charge in [-0.25, -0.2) is 17.5 Å². The van der Waals surface area contributed by atoms with Crippen LogP contribution in [0.25, 0.3) is 0 Å². The Hall–Kier alpha value is -0.820. The molecule has 0 aliphatic carbocycles. The molecule has 3 N–H and O–H groups in total. The summed E-state index contributed by atoms with van der Waals surface area (Å²) in [6, 6.07) is 2.09. The maximum Gasteiger partial charge on any atom is 0.243 e. The van der Waals surface area contributed by atoms with Crippen LogP contribution in [0.5, 0.6) is 0 Å². The van der Waals surface area contributed by atoms with Crippen LogP contribution in [-0.2, 0) is 10.0 Å². The van der Waals surface area contributed by atoms with E-state index in [0.717, 1.165) is 12.1 Å². The molecular formula is C9H9Cl2FN2O2S. The van der Waals surface area contributed by atoms with Crippen LogP contribution in [0.15, 0.2) is 28.6 Å². The van der Waals surface area contributed by atoms with Crippen LogP contribution in [0.3, 0.4) is 0 Å². The maximum absolute atomic E-state index is 13.5. The van der Waals surface area contributed by atoms with Gasteiger partial charge in [-0.1, -0.05) is 29.8 Å². The van der Waals surface area contributed by atoms with Crippen molar-refractivity contribution in [3.8, 4) is 0 Å². The standard InChI is InChI=1S/C9H9Cl2FN2O2S/c1-5(10)4-14-17(15,16)8-3-6(11)2-7(13)9(8)12/h2-3,14H,1,4,13H2. The fourth-order valence-corrected chi connectivity index (χ4v) is 2.62. The van der Waals surface area contributed by atoms with Crippen molar-refractivity contribution in [1.29, 1.82) is 0 Å². The zero-order valence-corrected chi connectivity index (χ0v) is 10.8. The van der Waals surface area contributed by atoms with Gasteiger partial charge in [0.25, 0.3) is 0 Å². The zero-order chi connectivity index (χ0) is 13.2. The van der Waals surface area contributed by atoms with E-state index in [-0.39, 0.29) is 22.3 Å². The Balaban J connectivity index is 3.19. The van der Waals surface area contributed by atoms with E-state index in [9.17, 15) is 12.8 Å². The summed E-state index contributed by atoms with van der Waals surface area (Å²) in [5.41, 5.74) is 4.93. The van der Waals surface area contributed by atoms with E-state index in [4.69, 9.17) is 28.9 Å². The lowest BCUT2D eigenvalue weighted by Gasteiger charge is -2.08. The van der Waals surface area contributed by atoms with Gasteiger partial charge in [0.15, 0.2) is 5.82 Å². The molecule has 0 radical (unpaired) electrons. The first-order chi connectivity index (χ1) is 7.74. The van der Waals surface area contributed by atoms with Gasteiger partial charge < -0.3 is 5.73 Å². The molecule has 0 spiro atoms. The van der Waals surface area contributed by atoms with E-state index in [2.05, 4.69) is 11.3 Å². The molecule has 1 aromatic carbocycles. The number of rotatable bonds is 4. The topological polar surface area (TPSA) is 72.2 Å². The molecule has 0 bridgehead atoms. The molecule has 0 aromatic heterocycles. The average molecular weight is 299 g/mol. The first-order valence-electron chi connectivity index (χ1n) is 4.31. The minimum absolute atomic E-state index is 0.0222. The number of nitrogens with two attached hydrogens (primary N) is 1. The largest absolute Gasteiger partial charge is 0.396 e. The Morgan fingerprint density at radius 3 is 2.65 bits per heavy atom. The smallest absolute Gasteiger partial charge is 0.243 e. The molecule has 0 fully saturated rings. The summed E-state index contributed by atoms with van der Waals surface area (Å²) in [7, 11) is -4.07. The van der Waals surface area contributed by atoms with Gasteiger partial charge in [-0.15, -0.1) is 0 Å². The van der Waals surface area contributed by atoms with Gasteiger partial charge >= 0.3 is 0 Å². The lowest BCUT2D eigenvalue weighted by Crippen LogP contribution is -2.26. The van der Waals surface area contributed by atoms with Crippen molar-refractivity contribution in [2.45, 2.75) is 4.90 Å². The fourth-order valence-electron chi connectivity index (χ4n) is 1.03. The third kappa shape index (κ3) is 3.57. The van der Waals surface area contributed by atoms with Crippen molar-refractivity contribution in [2.24, 2.45) is 0 Å². The Bertz CT molecular complexity index is 560. The van der Waals surface area contributed by atoms with Gasteiger partial charge in [0, 0.05) is 16.6 Å². The third-order valence-corrected chi connectivity index (χ3v) is 3.53. The summed E-state index contributed by atoms with van der Waals surface area (Å²) in [6.07, 6.45) is 0. The van der Waals surface area contributed by atoms with Gasteiger partial charge in [0.2, 0.25) is 10.0 Å². The third-order valence-electron chi connectivity index (χ3n) is 1.78. The Morgan fingerprint density at radius 2 is 2.12 bits per heavy atom. The number of nitrogens with one attached hydrogen (secondary N) is 1. The average Bonchev–Trinajstić information content (AvgIpc) is 2.20. The second kappa shape index (κ2) is 5.22. The molecule has 0 unspecified atom stereocenters. The summed E-state index contributed by atoms with van der Waals surface area (Å²) in [4.78, 5) is -0.625. The van der Waals surface area contributed by atoms with Gasteiger partial charge in [-0.05, 0) is 12.1 Å². The van der Waals surface area contributed by atoms with Crippen LogP contribution < -0.4 is 10.5 Å². The van der Waals surface area contributed by atoms with Gasteiger partial charge in [0.05, 0.1) is 5.69 Å². The highest BCUT2D eigenvalue weighted by atomic mass is 35.5. The quantitative estimate of drug-likeness (QED) is 0.836. The highest BCUT2D eigenvalue weighted by Crippen LogP contribution is 2.25. The summed E-state index contributed by atoms with van der Waals surface area (Å²) in [5.74, 6) is -1.05. The van der Waals surface area contributed by atoms with Crippen molar-refractivity contribution >= 4 is 38.9 Å². The van der Waals surface area contributed by atoms with Gasteiger partial charge in [-0.2, -0.15) is 0 Å². The summed E-state index contributed by atoms with van der Waals surface area (Å²) >= 11 is 11.0. The molecule has 1 aromatic rings. The lowest BCUT2D eigenvalue weighted by atomic mass is 10.3. The predicted octanol–water partition coefficient (Wildman–Crippen LogP) is 2.09. The molecule has 17 heavy (non-hydrogen) atoms. The van der Waals surface area contributed by atoms with Crippen molar-refractivity contribution < 1.29 is 12.8 Å². The molecule has 0 atom stereocenters. The van der Waals surface area contributed by atoms with Crippen LogP contribution in [-0.4, -0.2) is 15.0 Å². The van der Waals surface area contributed by atoms with Crippen LogP contribution >= 0.6 is 23.2 Å². The maximum atomic E-state index is 13.5. The molecule has 0 amide bonds. The minimum atomic E-state index is -4.07. The number of hydrogen-bond donors (Lipinski definition) is 2. The lowest BCUT2D eigenvalue weighted by molar-refractivity contribution is 0.561. The van der Waals surface area contributed by atoms with Crippen molar-refractivity contribution in [2.75, 3.05) is 12.3 Å². The highest BCUT2D eigenvalue weighted by molar-refractivity contribution is 7.89. The van der Waals surface area contributed by atoms with Crippen LogP contribution in [0.1, 0.15) is 0 Å². The van der Waals surface area contributed by atoms with Crippen LogP contribution in [0.4, 0.5) is 10.1 Å². The molecule has 4 nitrogen and oxygen atoms in total. The van der Waals surface area contributed by atoms with Crippen molar-refractivity contribution in [1.82, 2.24) is 4.72 Å². The molecule has 0 saturated carbocycles. The number of halogens is 3. The zero-order valence-electron chi connectivity index (χ0n) is 8.50. The second-order valence-corrected chi connectivity index (χ2v) is 5.86. The van der Waals surface area contributed by atoms with E-state index >= 15 is 0 Å². The van der Waals surface area contributed by atoms with Crippen molar-refractivity contribution in [3.05, 3.63) is 34.6 Å². The summed E-state index contributed by atoms with van der Waals surface area (Å²) in [6.45, 7) is 3.09. The number of sulfonamides is 1. The first-order valence-corrected chi connectivity index (χ1v) is 6.55. The molecule has 0 aliphatic rings. The van der Waals surface area contributed by atoms with Gasteiger partial charge in [0.1, 0.15) is 4.90 Å². The van der Waals surface area contributed by atoms with Gasteiger partial charge in [-0.3, -0.25) is 0 Å². The van der Waals surface area contributed by atoms with Crippen LogP contribution in [0.2, 0.25) is 5.02 Å². The van der Waals surface area contributed by atoms with E-state index in [1.807, 2.05) is 0 Å². The number of hydrogen-bond acceptors (Lipinski definition) is 3. The summed E-state index contributed by atoms with van der Waals surface area (Å²) in [5, 5.41) is 0.0953. The summed E-state index contributed by atoms with van der Waals surface area (Å²) < 4.78 is 39.0. The molecule has 0 aliphatic heterocycles. The predicted molar refractivity (Wildman–Crippen MR) is 66.0 cm³/mol. The normalized spacial score (nSPS) is 11.5. The number of benzene rings is 1. The molecule has 0 saturated heterocycles. The number of nitrogen functional groups attached to an aromatic ring is 1. The van der Waals surface area contributed by atoms with E-state index < -0.39 is 20.7 Å². The highest BCUT2D eigenvalue weighted by Gasteiger charge is 2.21.